The minimum absolute atomic E-state index is 0.384. The molecule has 0 aliphatic heterocycles. The lowest BCUT2D eigenvalue weighted by Crippen LogP contribution is -2.18. The molecule has 1 unspecified atom stereocenters. The Balaban J connectivity index is 1.58. The van der Waals surface area contributed by atoms with Crippen LogP contribution in [0.1, 0.15) is 16.4 Å². The molecule has 5 nitrogen and oxygen atoms in total. The summed E-state index contributed by atoms with van der Waals surface area (Å²) in [5.74, 6) is -0.384. The van der Waals surface area contributed by atoms with E-state index in [4.69, 9.17) is 5.73 Å². The Morgan fingerprint density at radius 2 is 1.76 bits per heavy atom. The highest BCUT2D eigenvalue weighted by molar-refractivity contribution is 8.01. The van der Waals surface area contributed by atoms with E-state index in [2.05, 4.69) is 27.6 Å². The Hall–Kier alpha value is -2.38. The number of aromatic nitrogens is 2. The van der Waals surface area contributed by atoms with Gasteiger partial charge in [0.05, 0.1) is 0 Å². The van der Waals surface area contributed by atoms with Gasteiger partial charge in [0, 0.05) is 6.54 Å². The number of hydrogen-bond acceptors (Lipinski definition) is 6. The maximum Gasteiger partial charge on any atom is 0.235 e. The molecule has 3 N–H and O–H groups in total. The van der Waals surface area contributed by atoms with E-state index in [-0.39, 0.29) is 5.91 Å². The summed E-state index contributed by atoms with van der Waals surface area (Å²) >= 11 is 2.76. The van der Waals surface area contributed by atoms with Gasteiger partial charge in [-0.3, -0.25) is 4.79 Å². The smallest absolute Gasteiger partial charge is 0.235 e. The van der Waals surface area contributed by atoms with Crippen LogP contribution in [0.5, 0.6) is 0 Å². The second-order valence-electron chi connectivity index (χ2n) is 5.35. The molecule has 0 aliphatic rings. The number of anilines is 1. The van der Waals surface area contributed by atoms with E-state index in [0.29, 0.717) is 0 Å². The number of primary amides is 1. The third-order valence-corrected chi connectivity index (χ3v) is 5.76. The highest BCUT2D eigenvalue weighted by atomic mass is 32.2. The van der Waals surface area contributed by atoms with Crippen molar-refractivity contribution >= 4 is 34.1 Å². The number of nitrogens with zero attached hydrogens (tertiary/aromatic N) is 2. The molecule has 2 aromatic carbocycles. The summed E-state index contributed by atoms with van der Waals surface area (Å²) in [5, 5.41) is 11.8. The zero-order chi connectivity index (χ0) is 17.5. The first-order valence-electron chi connectivity index (χ1n) is 7.84. The maximum atomic E-state index is 11.8. The maximum absolute atomic E-state index is 11.8. The molecule has 3 rings (SSSR count). The third kappa shape index (κ3) is 5.04. The van der Waals surface area contributed by atoms with Crippen LogP contribution in [0.2, 0.25) is 0 Å². The average molecular weight is 371 g/mol. The quantitative estimate of drug-likeness (QED) is 0.593. The number of carbonyl (C=O) groups is 1. The Morgan fingerprint density at radius 1 is 1.08 bits per heavy atom. The monoisotopic (exact) mass is 370 g/mol. The molecule has 0 radical (unpaired) electrons. The first-order valence-corrected chi connectivity index (χ1v) is 9.54. The van der Waals surface area contributed by atoms with E-state index in [1.165, 1.54) is 28.7 Å². The van der Waals surface area contributed by atoms with Crippen LogP contribution in [0.4, 0.5) is 5.13 Å². The molecule has 0 fully saturated rings. The lowest BCUT2D eigenvalue weighted by molar-refractivity contribution is -0.117. The second kappa shape index (κ2) is 8.64. The van der Waals surface area contributed by atoms with Crippen LogP contribution >= 0.6 is 23.1 Å². The first-order chi connectivity index (χ1) is 12.2. The fourth-order valence-electron chi connectivity index (χ4n) is 2.31. The highest BCUT2D eigenvalue weighted by Gasteiger charge is 2.21. The molecule has 3 aromatic rings. The highest BCUT2D eigenvalue weighted by Crippen LogP contribution is 2.37. The fourth-order valence-corrected chi connectivity index (χ4v) is 4.23. The van der Waals surface area contributed by atoms with E-state index in [9.17, 15) is 4.79 Å². The van der Waals surface area contributed by atoms with Crippen LogP contribution in [0, 0.1) is 0 Å². The van der Waals surface area contributed by atoms with Gasteiger partial charge in [-0.1, -0.05) is 83.8 Å². The summed E-state index contributed by atoms with van der Waals surface area (Å²) in [5.41, 5.74) is 7.69. The number of benzene rings is 2. The summed E-state index contributed by atoms with van der Waals surface area (Å²) in [4.78, 5) is 11.8. The van der Waals surface area contributed by atoms with Gasteiger partial charge in [0.15, 0.2) is 4.34 Å². The molecule has 0 saturated heterocycles. The normalized spacial score (nSPS) is 11.8. The van der Waals surface area contributed by atoms with Crippen LogP contribution in [0.15, 0.2) is 65.0 Å². The van der Waals surface area contributed by atoms with Crippen molar-refractivity contribution in [2.75, 3.05) is 11.9 Å². The van der Waals surface area contributed by atoms with E-state index >= 15 is 0 Å². The van der Waals surface area contributed by atoms with Gasteiger partial charge >= 0.3 is 0 Å². The molecule has 0 spiro atoms. The summed E-state index contributed by atoms with van der Waals surface area (Å²) in [7, 11) is 0. The van der Waals surface area contributed by atoms with Crippen molar-refractivity contribution in [3.8, 4) is 0 Å². The molecule has 0 aliphatic carbocycles. The molecule has 0 saturated carbocycles. The zero-order valence-corrected chi connectivity index (χ0v) is 15.1. The van der Waals surface area contributed by atoms with Crippen LogP contribution in [0.3, 0.4) is 0 Å². The summed E-state index contributed by atoms with van der Waals surface area (Å²) in [6.07, 6.45) is 0.914. The standard InChI is InChI=1S/C18H18N4OS2/c19-16(23)15(14-9-5-2-6-10-14)24-18-22-21-17(25-18)20-12-11-13-7-3-1-4-8-13/h1-10,15H,11-12H2,(H2,19,23)(H,20,21). The molecule has 7 heteroatoms. The van der Waals surface area contributed by atoms with E-state index in [1.54, 1.807) is 0 Å². The number of rotatable bonds is 8. The van der Waals surface area contributed by atoms with Gasteiger partial charge in [0.2, 0.25) is 11.0 Å². The second-order valence-corrected chi connectivity index (χ2v) is 7.68. The molecule has 128 valence electrons. The number of hydrogen-bond donors (Lipinski definition) is 2. The van der Waals surface area contributed by atoms with Crippen LogP contribution in [-0.4, -0.2) is 22.6 Å². The van der Waals surface area contributed by atoms with Crippen molar-refractivity contribution in [2.24, 2.45) is 5.73 Å². The van der Waals surface area contributed by atoms with Gasteiger partial charge in [-0.25, -0.2) is 0 Å². The van der Waals surface area contributed by atoms with Gasteiger partial charge in [0.25, 0.3) is 0 Å². The molecular weight excluding hydrogens is 352 g/mol. The molecule has 0 bridgehead atoms. The first kappa shape index (κ1) is 17.4. The average Bonchev–Trinajstić information content (AvgIpc) is 3.09. The summed E-state index contributed by atoms with van der Waals surface area (Å²) < 4.78 is 0.717. The number of amides is 1. The number of nitrogens with one attached hydrogen (secondary N) is 1. The van der Waals surface area contributed by atoms with Gasteiger partial charge in [-0.2, -0.15) is 0 Å². The van der Waals surface area contributed by atoms with Crippen molar-refractivity contribution in [2.45, 2.75) is 16.0 Å². The minimum Gasteiger partial charge on any atom is -0.368 e. The van der Waals surface area contributed by atoms with Crippen LogP contribution < -0.4 is 11.1 Å². The van der Waals surface area contributed by atoms with Crippen molar-refractivity contribution in [1.82, 2.24) is 10.2 Å². The van der Waals surface area contributed by atoms with Crippen molar-refractivity contribution in [3.05, 3.63) is 71.8 Å². The number of carbonyl (C=O) groups excluding carboxylic acids is 1. The molecule has 1 aromatic heterocycles. The molecular formula is C18H18N4OS2. The number of thioether (sulfide) groups is 1. The molecule has 1 heterocycles. The predicted molar refractivity (Wildman–Crippen MR) is 103 cm³/mol. The Kier molecular flexibility index (Phi) is 6.03. The van der Waals surface area contributed by atoms with Gasteiger partial charge < -0.3 is 11.1 Å². The van der Waals surface area contributed by atoms with Gasteiger partial charge in [0.1, 0.15) is 5.25 Å². The largest absolute Gasteiger partial charge is 0.368 e. The van der Waals surface area contributed by atoms with Gasteiger partial charge in [-0.15, -0.1) is 10.2 Å². The Bertz CT molecular complexity index is 808. The van der Waals surface area contributed by atoms with Crippen molar-refractivity contribution in [3.63, 3.8) is 0 Å². The molecule has 1 amide bonds. The Labute approximate surface area is 154 Å². The topological polar surface area (TPSA) is 80.9 Å². The summed E-state index contributed by atoms with van der Waals surface area (Å²) in [6, 6.07) is 19.7. The van der Waals surface area contributed by atoms with Crippen molar-refractivity contribution < 1.29 is 4.79 Å². The van der Waals surface area contributed by atoms with Gasteiger partial charge in [-0.05, 0) is 17.5 Å². The van der Waals surface area contributed by atoms with E-state index in [1.807, 2.05) is 48.5 Å². The number of nitrogens with two attached hydrogens (primary N) is 1. The Morgan fingerprint density at radius 3 is 2.44 bits per heavy atom. The predicted octanol–water partition coefficient (Wildman–Crippen LogP) is 3.51. The fraction of sp³-hybridized carbons (Fsp3) is 0.167. The van der Waals surface area contributed by atoms with Crippen LogP contribution in [-0.2, 0) is 11.2 Å². The molecule has 25 heavy (non-hydrogen) atoms. The SMILES string of the molecule is NC(=O)C(Sc1nnc(NCCc2ccccc2)s1)c1ccccc1. The zero-order valence-electron chi connectivity index (χ0n) is 13.5. The lowest BCUT2D eigenvalue weighted by atomic mass is 10.1. The van der Waals surface area contributed by atoms with E-state index in [0.717, 1.165) is 28.0 Å². The minimum atomic E-state index is -0.466. The lowest BCUT2D eigenvalue weighted by Gasteiger charge is -2.10. The van der Waals surface area contributed by atoms with E-state index < -0.39 is 5.25 Å². The van der Waals surface area contributed by atoms with Crippen molar-refractivity contribution in [1.29, 1.82) is 0 Å². The van der Waals surface area contributed by atoms with Crippen LogP contribution in [0.25, 0.3) is 0 Å². The third-order valence-electron chi connectivity index (χ3n) is 3.52. The molecule has 1 atom stereocenters. The summed E-state index contributed by atoms with van der Waals surface area (Å²) in [6.45, 7) is 0.779.